The van der Waals surface area contributed by atoms with Gasteiger partial charge >= 0.3 is 5.97 Å². The average molecular weight is 264 g/mol. The Hall–Kier alpha value is -0.860. The lowest BCUT2D eigenvalue weighted by atomic mass is 9.45. The molecule has 19 heavy (non-hydrogen) atoms. The van der Waals surface area contributed by atoms with Gasteiger partial charge in [0, 0.05) is 17.8 Å². The summed E-state index contributed by atoms with van der Waals surface area (Å²) in [6, 6.07) is 0. The van der Waals surface area contributed by atoms with E-state index < -0.39 is 5.60 Å². The van der Waals surface area contributed by atoms with E-state index in [2.05, 4.69) is 20.8 Å². The van der Waals surface area contributed by atoms with E-state index in [0.717, 1.165) is 19.3 Å². The molecular weight excluding hydrogens is 240 g/mol. The molecule has 3 nitrogen and oxygen atoms in total. The maximum atomic E-state index is 12.7. The van der Waals surface area contributed by atoms with Crippen LogP contribution in [-0.4, -0.2) is 17.4 Å². The number of fused-ring (bicyclic) bond motifs is 3. The zero-order valence-electron chi connectivity index (χ0n) is 12.4. The number of ketones is 1. The third kappa shape index (κ3) is 1.56. The third-order valence-electron chi connectivity index (χ3n) is 6.37. The predicted molar refractivity (Wildman–Crippen MR) is 71.5 cm³/mol. The van der Waals surface area contributed by atoms with Gasteiger partial charge in [-0.05, 0) is 37.5 Å². The van der Waals surface area contributed by atoms with Crippen molar-refractivity contribution in [3.63, 3.8) is 0 Å². The SMILES string of the molecule is CC1(C)CCC(=O)C2(C)C1CCC1(C)OC(=O)CC12. The van der Waals surface area contributed by atoms with Crippen molar-refractivity contribution in [3.8, 4) is 0 Å². The van der Waals surface area contributed by atoms with E-state index in [1.54, 1.807) is 0 Å². The maximum Gasteiger partial charge on any atom is 0.306 e. The molecule has 0 aromatic heterocycles. The molecule has 0 N–H and O–H groups in total. The lowest BCUT2D eigenvalue weighted by molar-refractivity contribution is -0.174. The van der Waals surface area contributed by atoms with E-state index in [0.29, 0.717) is 24.5 Å². The monoisotopic (exact) mass is 264 g/mol. The number of rotatable bonds is 0. The van der Waals surface area contributed by atoms with Crippen molar-refractivity contribution in [2.24, 2.45) is 22.7 Å². The molecule has 0 amide bonds. The van der Waals surface area contributed by atoms with Crippen molar-refractivity contribution in [1.29, 1.82) is 0 Å². The van der Waals surface area contributed by atoms with Crippen LogP contribution < -0.4 is 0 Å². The van der Waals surface area contributed by atoms with Gasteiger partial charge < -0.3 is 4.74 Å². The zero-order valence-corrected chi connectivity index (χ0v) is 12.4. The summed E-state index contributed by atoms with van der Waals surface area (Å²) in [5.41, 5.74) is -0.595. The number of esters is 1. The Morgan fingerprint density at radius 1 is 1.05 bits per heavy atom. The van der Waals surface area contributed by atoms with Gasteiger partial charge in [0.2, 0.25) is 0 Å². The van der Waals surface area contributed by atoms with Crippen LogP contribution in [0.1, 0.15) is 59.8 Å². The fraction of sp³-hybridized carbons (Fsp3) is 0.875. The summed E-state index contributed by atoms with van der Waals surface area (Å²) in [6.07, 6.45) is 3.95. The minimum atomic E-state index is -0.411. The van der Waals surface area contributed by atoms with Gasteiger partial charge in [-0.2, -0.15) is 0 Å². The van der Waals surface area contributed by atoms with Crippen molar-refractivity contribution in [2.75, 3.05) is 0 Å². The largest absolute Gasteiger partial charge is 0.459 e. The summed E-state index contributed by atoms with van der Waals surface area (Å²) in [7, 11) is 0. The van der Waals surface area contributed by atoms with E-state index in [-0.39, 0.29) is 22.7 Å². The minimum absolute atomic E-state index is 0.0679. The number of Topliss-reactive ketones (excluding diaryl/α,β-unsaturated/α-hetero) is 1. The zero-order chi connectivity index (χ0) is 14.1. The lowest BCUT2D eigenvalue weighted by Crippen LogP contribution is -2.59. The van der Waals surface area contributed by atoms with Gasteiger partial charge in [0.05, 0.1) is 6.42 Å². The first-order valence-corrected chi connectivity index (χ1v) is 7.45. The minimum Gasteiger partial charge on any atom is -0.459 e. The number of ether oxygens (including phenoxy) is 1. The van der Waals surface area contributed by atoms with E-state index in [9.17, 15) is 9.59 Å². The number of hydrogen-bond acceptors (Lipinski definition) is 3. The molecule has 0 aromatic rings. The molecule has 0 aromatic carbocycles. The maximum absolute atomic E-state index is 12.7. The second kappa shape index (κ2) is 3.62. The number of carbonyl (C=O) groups excluding carboxylic acids is 2. The van der Waals surface area contributed by atoms with E-state index in [1.165, 1.54) is 0 Å². The molecule has 3 fully saturated rings. The van der Waals surface area contributed by atoms with Gasteiger partial charge in [-0.25, -0.2) is 0 Å². The highest BCUT2D eigenvalue weighted by atomic mass is 16.6. The molecule has 106 valence electrons. The predicted octanol–water partition coefficient (Wildman–Crippen LogP) is 3.11. The second-order valence-corrected chi connectivity index (χ2v) is 7.83. The molecule has 3 rings (SSSR count). The standard InChI is InChI=1S/C16H24O3/c1-14(2)7-6-12(17)16(4)10(14)5-8-15(3)11(16)9-13(18)19-15/h10-11H,5-9H2,1-4H3. The summed E-state index contributed by atoms with van der Waals surface area (Å²) in [6.45, 7) is 8.69. The van der Waals surface area contributed by atoms with E-state index in [4.69, 9.17) is 4.74 Å². The Morgan fingerprint density at radius 3 is 2.42 bits per heavy atom. The highest BCUT2D eigenvalue weighted by molar-refractivity contribution is 5.88. The van der Waals surface area contributed by atoms with Crippen LogP contribution >= 0.6 is 0 Å². The normalized spacial score (nSPS) is 48.4. The summed E-state index contributed by atoms with van der Waals surface area (Å²) < 4.78 is 5.59. The Bertz CT molecular complexity index is 453. The molecule has 1 aliphatic heterocycles. The highest BCUT2D eigenvalue weighted by Gasteiger charge is 2.65. The molecule has 3 heteroatoms. The Balaban J connectivity index is 2.08. The molecule has 2 saturated carbocycles. The van der Waals surface area contributed by atoms with Gasteiger partial charge in [0.25, 0.3) is 0 Å². The van der Waals surface area contributed by atoms with Gasteiger partial charge in [0.1, 0.15) is 11.4 Å². The van der Waals surface area contributed by atoms with Crippen LogP contribution in [0.2, 0.25) is 0 Å². The number of carbonyl (C=O) groups is 2. The molecule has 0 radical (unpaired) electrons. The summed E-state index contributed by atoms with van der Waals surface area (Å²) in [5.74, 6) is 0.684. The van der Waals surface area contributed by atoms with Gasteiger partial charge in [-0.1, -0.05) is 20.8 Å². The third-order valence-corrected chi connectivity index (χ3v) is 6.37. The summed E-state index contributed by atoms with van der Waals surface area (Å²) >= 11 is 0. The Kier molecular flexibility index (Phi) is 2.50. The van der Waals surface area contributed by atoms with Crippen LogP contribution in [0.5, 0.6) is 0 Å². The van der Waals surface area contributed by atoms with Crippen LogP contribution in [0.4, 0.5) is 0 Å². The molecule has 3 aliphatic rings. The van der Waals surface area contributed by atoms with Crippen molar-refractivity contribution in [1.82, 2.24) is 0 Å². The van der Waals surface area contributed by atoms with Crippen LogP contribution in [0.3, 0.4) is 0 Å². The first-order chi connectivity index (χ1) is 8.70. The topological polar surface area (TPSA) is 43.4 Å². The van der Waals surface area contributed by atoms with Gasteiger partial charge in [0.15, 0.2) is 0 Å². The molecule has 1 heterocycles. The second-order valence-electron chi connectivity index (χ2n) is 7.83. The molecule has 2 aliphatic carbocycles. The van der Waals surface area contributed by atoms with Crippen molar-refractivity contribution < 1.29 is 14.3 Å². The van der Waals surface area contributed by atoms with E-state index >= 15 is 0 Å². The van der Waals surface area contributed by atoms with Crippen molar-refractivity contribution in [3.05, 3.63) is 0 Å². The molecular formula is C16H24O3. The van der Waals surface area contributed by atoms with Crippen LogP contribution in [0.25, 0.3) is 0 Å². The number of hydrogen-bond donors (Lipinski definition) is 0. The summed E-state index contributed by atoms with van der Waals surface area (Å²) in [5, 5.41) is 0. The average Bonchev–Trinajstić information content (AvgIpc) is 2.60. The fourth-order valence-electron chi connectivity index (χ4n) is 5.27. The highest BCUT2D eigenvalue weighted by Crippen LogP contribution is 2.63. The van der Waals surface area contributed by atoms with Gasteiger partial charge in [-0.3, -0.25) is 9.59 Å². The van der Waals surface area contributed by atoms with Crippen LogP contribution in [0.15, 0.2) is 0 Å². The quantitative estimate of drug-likeness (QED) is 0.631. The molecule has 4 atom stereocenters. The first kappa shape index (κ1) is 13.1. The van der Waals surface area contributed by atoms with Gasteiger partial charge in [-0.15, -0.1) is 0 Å². The van der Waals surface area contributed by atoms with Crippen LogP contribution in [-0.2, 0) is 14.3 Å². The fourth-order valence-corrected chi connectivity index (χ4v) is 5.27. The van der Waals surface area contributed by atoms with Crippen molar-refractivity contribution >= 4 is 11.8 Å². The first-order valence-electron chi connectivity index (χ1n) is 7.45. The molecule has 1 saturated heterocycles. The Labute approximate surface area is 115 Å². The molecule has 0 spiro atoms. The lowest BCUT2D eigenvalue weighted by Gasteiger charge is -2.58. The van der Waals surface area contributed by atoms with E-state index in [1.807, 2.05) is 6.92 Å². The smallest absolute Gasteiger partial charge is 0.306 e. The molecule has 0 bridgehead atoms. The Morgan fingerprint density at radius 2 is 1.74 bits per heavy atom. The van der Waals surface area contributed by atoms with Crippen molar-refractivity contribution in [2.45, 2.75) is 65.4 Å². The summed E-state index contributed by atoms with van der Waals surface area (Å²) in [4.78, 5) is 24.4. The van der Waals surface area contributed by atoms with Crippen LogP contribution in [0, 0.1) is 22.7 Å². The molecule has 4 unspecified atom stereocenters.